The Hall–Kier alpha value is -1.42. The number of hydrogen-bond acceptors (Lipinski definition) is 3. The van der Waals surface area contributed by atoms with Crippen LogP contribution in [0.25, 0.3) is 0 Å². The van der Waals surface area contributed by atoms with Gasteiger partial charge in [-0.1, -0.05) is 17.7 Å². The van der Waals surface area contributed by atoms with Gasteiger partial charge in [0, 0.05) is 11.4 Å². The number of nitrogens with one attached hydrogen (secondary N) is 1. The van der Waals surface area contributed by atoms with E-state index in [1.807, 2.05) is 31.2 Å². The molecule has 0 bridgehead atoms. The van der Waals surface area contributed by atoms with Crippen LogP contribution in [-0.4, -0.2) is 24.8 Å². The highest BCUT2D eigenvalue weighted by Gasteiger charge is 2.14. The summed E-state index contributed by atoms with van der Waals surface area (Å²) in [5.74, 6) is 0.922. The van der Waals surface area contributed by atoms with E-state index in [2.05, 4.69) is 11.4 Å². The van der Waals surface area contributed by atoms with Gasteiger partial charge >= 0.3 is 0 Å². The van der Waals surface area contributed by atoms with E-state index in [0.29, 0.717) is 0 Å². The van der Waals surface area contributed by atoms with Gasteiger partial charge < -0.3 is 10.1 Å². The van der Waals surface area contributed by atoms with E-state index in [1.54, 1.807) is 18.9 Å². The summed E-state index contributed by atoms with van der Waals surface area (Å²) in [6.45, 7) is 2.69. The van der Waals surface area contributed by atoms with E-state index in [0.717, 1.165) is 23.6 Å². The molecule has 1 atom stereocenters. The zero-order valence-electron chi connectivity index (χ0n) is 13.4. The van der Waals surface area contributed by atoms with Crippen LogP contribution < -0.4 is 10.1 Å². The van der Waals surface area contributed by atoms with Gasteiger partial charge in [0.2, 0.25) is 5.91 Å². The second-order valence-electron chi connectivity index (χ2n) is 5.59. The number of hydrogen-bond donors (Lipinski definition) is 1. The summed E-state index contributed by atoms with van der Waals surface area (Å²) >= 11 is 1.56. The molecule has 0 saturated carbocycles. The quantitative estimate of drug-likeness (QED) is 0.605. The lowest BCUT2D eigenvalue weighted by Crippen LogP contribution is -2.31. The Kier molecular flexibility index (Phi) is 6.84. The number of methoxy groups -OCH3 is 1. The van der Waals surface area contributed by atoms with Gasteiger partial charge in [0.05, 0.1) is 12.4 Å². The van der Waals surface area contributed by atoms with Gasteiger partial charge in [0.25, 0.3) is 0 Å². The van der Waals surface area contributed by atoms with Crippen LogP contribution in [0.5, 0.6) is 5.75 Å². The van der Waals surface area contributed by atoms with Crippen molar-refractivity contribution in [3.8, 4) is 5.75 Å². The molecule has 2 rings (SSSR count). The van der Waals surface area contributed by atoms with Gasteiger partial charge in [0.15, 0.2) is 0 Å². The molecule has 1 aliphatic carbocycles. The van der Waals surface area contributed by atoms with Crippen LogP contribution in [0.3, 0.4) is 0 Å². The van der Waals surface area contributed by atoms with Crippen molar-refractivity contribution in [3.63, 3.8) is 0 Å². The van der Waals surface area contributed by atoms with Crippen molar-refractivity contribution < 1.29 is 9.53 Å². The Bertz CT molecular complexity index is 528. The van der Waals surface area contributed by atoms with Crippen molar-refractivity contribution in [2.24, 2.45) is 0 Å². The number of ether oxygens (including phenoxy) is 1. The molecule has 3 nitrogen and oxygen atoms in total. The van der Waals surface area contributed by atoms with Gasteiger partial charge in [-0.2, -0.15) is 0 Å². The molecule has 0 saturated heterocycles. The molecule has 1 amide bonds. The number of amides is 1. The zero-order chi connectivity index (χ0) is 15.8. The molecule has 120 valence electrons. The summed E-state index contributed by atoms with van der Waals surface area (Å²) in [7, 11) is 1.65. The molecule has 0 aliphatic heterocycles. The van der Waals surface area contributed by atoms with E-state index in [4.69, 9.17) is 4.74 Å². The van der Waals surface area contributed by atoms with Crippen molar-refractivity contribution in [1.29, 1.82) is 0 Å². The lowest BCUT2D eigenvalue weighted by Gasteiger charge is -2.15. The van der Waals surface area contributed by atoms with Crippen LogP contribution in [0.1, 0.15) is 39.0 Å². The highest BCUT2D eigenvalue weighted by Crippen LogP contribution is 2.26. The first kappa shape index (κ1) is 16.9. The molecule has 0 radical (unpaired) electrons. The fraction of sp³-hybridized carbons (Fsp3) is 0.500. The Balaban J connectivity index is 1.75. The highest BCUT2D eigenvalue weighted by atomic mass is 32.2. The van der Waals surface area contributed by atoms with Crippen LogP contribution in [0.15, 0.2) is 40.8 Å². The molecule has 4 heteroatoms. The summed E-state index contributed by atoms with van der Waals surface area (Å²) in [5, 5.41) is 2.94. The van der Waals surface area contributed by atoms with Crippen molar-refractivity contribution >= 4 is 17.7 Å². The minimum atomic E-state index is -0.104. The third-order valence-corrected chi connectivity index (χ3v) is 4.95. The van der Waals surface area contributed by atoms with E-state index < -0.39 is 0 Å². The first-order chi connectivity index (χ1) is 10.7. The molecule has 0 spiro atoms. The average molecular weight is 319 g/mol. The van der Waals surface area contributed by atoms with Gasteiger partial charge in [-0.3, -0.25) is 4.79 Å². The fourth-order valence-electron chi connectivity index (χ4n) is 2.55. The van der Waals surface area contributed by atoms with E-state index >= 15 is 0 Å². The number of thioether (sulfide) groups is 1. The Morgan fingerprint density at radius 2 is 2.27 bits per heavy atom. The minimum Gasteiger partial charge on any atom is -0.497 e. The maximum absolute atomic E-state index is 12.2. The third kappa shape index (κ3) is 5.41. The summed E-state index contributed by atoms with van der Waals surface area (Å²) in [5.41, 5.74) is 1.50. The van der Waals surface area contributed by atoms with E-state index in [-0.39, 0.29) is 11.2 Å². The van der Waals surface area contributed by atoms with Gasteiger partial charge in [-0.25, -0.2) is 0 Å². The van der Waals surface area contributed by atoms with Crippen molar-refractivity contribution in [3.05, 3.63) is 35.9 Å². The van der Waals surface area contributed by atoms with Crippen molar-refractivity contribution in [2.75, 3.05) is 13.7 Å². The summed E-state index contributed by atoms with van der Waals surface area (Å²) in [4.78, 5) is 13.2. The van der Waals surface area contributed by atoms with Crippen LogP contribution in [0.4, 0.5) is 0 Å². The second-order valence-corrected chi connectivity index (χ2v) is 7.00. The lowest BCUT2D eigenvalue weighted by molar-refractivity contribution is -0.120. The average Bonchev–Trinajstić information content (AvgIpc) is 2.56. The topological polar surface area (TPSA) is 38.3 Å². The molecule has 1 aromatic carbocycles. The monoisotopic (exact) mass is 319 g/mol. The molecule has 22 heavy (non-hydrogen) atoms. The standard InChI is InChI=1S/C18H25NO2S/c1-14(22-17-10-6-9-16(13-17)21-2)18(20)19-12-11-15-7-4-3-5-8-15/h6-7,9-10,13-14H,3-5,8,11-12H2,1-2H3,(H,19,20)/t14-/m1/s1. The first-order valence-electron chi connectivity index (χ1n) is 7.95. The molecular weight excluding hydrogens is 294 g/mol. The minimum absolute atomic E-state index is 0.101. The number of benzene rings is 1. The van der Waals surface area contributed by atoms with Gasteiger partial charge in [0.1, 0.15) is 5.75 Å². The first-order valence-corrected chi connectivity index (χ1v) is 8.83. The largest absolute Gasteiger partial charge is 0.497 e. The molecule has 0 fully saturated rings. The zero-order valence-corrected chi connectivity index (χ0v) is 14.2. The van der Waals surface area contributed by atoms with Gasteiger partial charge in [-0.05, 0) is 57.2 Å². The summed E-state index contributed by atoms with van der Waals surface area (Å²) in [6.07, 6.45) is 8.33. The molecule has 0 aromatic heterocycles. The van der Waals surface area contributed by atoms with Crippen LogP contribution in [-0.2, 0) is 4.79 Å². The summed E-state index contributed by atoms with van der Waals surface area (Å²) in [6, 6.07) is 7.82. The van der Waals surface area contributed by atoms with Crippen LogP contribution >= 0.6 is 11.8 Å². The normalized spacial score (nSPS) is 15.8. The van der Waals surface area contributed by atoms with Crippen molar-refractivity contribution in [1.82, 2.24) is 5.32 Å². The maximum atomic E-state index is 12.2. The Labute approximate surface area is 137 Å². The summed E-state index contributed by atoms with van der Waals surface area (Å²) < 4.78 is 5.21. The van der Waals surface area contributed by atoms with E-state index in [1.165, 1.54) is 31.3 Å². The fourth-order valence-corrected chi connectivity index (χ4v) is 3.49. The maximum Gasteiger partial charge on any atom is 0.233 e. The molecule has 0 heterocycles. The predicted molar refractivity (Wildman–Crippen MR) is 92.5 cm³/mol. The second kappa shape index (κ2) is 8.89. The molecule has 0 unspecified atom stereocenters. The lowest BCUT2D eigenvalue weighted by atomic mass is 9.97. The molecule has 1 aliphatic rings. The van der Waals surface area contributed by atoms with Crippen molar-refractivity contribution in [2.45, 2.75) is 49.2 Å². The number of rotatable bonds is 7. The molecule has 1 N–H and O–H groups in total. The molecule has 1 aromatic rings. The SMILES string of the molecule is COc1cccc(S[C@H](C)C(=O)NCCC2=CCCCC2)c1. The number of allylic oxidation sites excluding steroid dienone is 1. The predicted octanol–water partition coefficient (Wildman–Crippen LogP) is 4.18. The number of carbonyl (C=O) groups excluding carboxylic acids is 1. The van der Waals surface area contributed by atoms with Crippen LogP contribution in [0, 0.1) is 0 Å². The highest BCUT2D eigenvalue weighted by molar-refractivity contribution is 8.00. The Morgan fingerprint density at radius 3 is 3.00 bits per heavy atom. The third-order valence-electron chi connectivity index (χ3n) is 3.85. The Morgan fingerprint density at radius 1 is 1.41 bits per heavy atom. The number of carbonyl (C=O) groups is 1. The molecular formula is C18H25NO2S. The smallest absolute Gasteiger partial charge is 0.233 e. The van der Waals surface area contributed by atoms with Crippen LogP contribution in [0.2, 0.25) is 0 Å². The van der Waals surface area contributed by atoms with Gasteiger partial charge in [-0.15, -0.1) is 11.8 Å². The van der Waals surface area contributed by atoms with E-state index in [9.17, 15) is 4.79 Å².